The molecule has 0 bridgehead atoms. The van der Waals surface area contributed by atoms with Crippen LogP contribution in [0.3, 0.4) is 0 Å². The number of ether oxygens (including phenoxy) is 2. The first-order valence-electron chi connectivity index (χ1n) is 7.10. The fraction of sp³-hybridized carbons (Fsp3) is 0.400. The van der Waals surface area contributed by atoms with Crippen LogP contribution in [0.1, 0.15) is 23.7 Å². The predicted molar refractivity (Wildman–Crippen MR) is 79.0 cm³/mol. The molecule has 3 N–H and O–H groups in total. The third kappa shape index (κ3) is 3.01. The number of hydrazine groups is 1. The van der Waals surface area contributed by atoms with Crippen LogP contribution < -0.4 is 20.7 Å². The van der Waals surface area contributed by atoms with Crippen molar-refractivity contribution in [3.8, 4) is 11.5 Å². The van der Waals surface area contributed by atoms with Gasteiger partial charge in [-0.15, -0.1) is 0 Å². The SMILES string of the molecule is Cn1nccc1CCC(NN)c1ccc2c(c1)OCCO2. The Hall–Kier alpha value is -2.05. The molecular formula is C15H20N4O2. The van der Waals surface area contributed by atoms with Crippen molar-refractivity contribution in [2.75, 3.05) is 13.2 Å². The molecule has 1 aliphatic rings. The highest BCUT2D eigenvalue weighted by Crippen LogP contribution is 2.33. The molecule has 1 aliphatic heterocycles. The number of aryl methyl sites for hydroxylation is 2. The molecule has 0 saturated heterocycles. The third-order valence-corrected chi connectivity index (χ3v) is 3.78. The minimum Gasteiger partial charge on any atom is -0.486 e. The second kappa shape index (κ2) is 6.15. The van der Waals surface area contributed by atoms with Crippen molar-refractivity contribution in [1.82, 2.24) is 15.2 Å². The Bertz CT molecular complexity index is 611. The van der Waals surface area contributed by atoms with Gasteiger partial charge in [-0.1, -0.05) is 6.07 Å². The summed E-state index contributed by atoms with van der Waals surface area (Å²) < 4.78 is 13.0. The van der Waals surface area contributed by atoms with Gasteiger partial charge in [-0.3, -0.25) is 16.0 Å². The molecule has 1 aromatic carbocycles. The minimum absolute atomic E-state index is 0.0655. The van der Waals surface area contributed by atoms with Crippen molar-refractivity contribution in [2.45, 2.75) is 18.9 Å². The van der Waals surface area contributed by atoms with Gasteiger partial charge in [-0.05, 0) is 36.6 Å². The number of benzene rings is 1. The highest BCUT2D eigenvalue weighted by Gasteiger charge is 2.16. The summed E-state index contributed by atoms with van der Waals surface area (Å²) in [7, 11) is 1.95. The second-order valence-corrected chi connectivity index (χ2v) is 5.11. The average molecular weight is 288 g/mol. The van der Waals surface area contributed by atoms with Crippen LogP contribution in [-0.2, 0) is 13.5 Å². The number of hydrogen-bond donors (Lipinski definition) is 2. The quantitative estimate of drug-likeness (QED) is 0.641. The number of nitrogens with zero attached hydrogens (tertiary/aromatic N) is 2. The molecule has 2 aromatic rings. The summed E-state index contributed by atoms with van der Waals surface area (Å²) >= 11 is 0. The first-order chi connectivity index (χ1) is 10.3. The Morgan fingerprint density at radius 2 is 2.10 bits per heavy atom. The fourth-order valence-electron chi connectivity index (χ4n) is 2.56. The van der Waals surface area contributed by atoms with Gasteiger partial charge in [0.2, 0.25) is 0 Å². The van der Waals surface area contributed by atoms with Crippen LogP contribution >= 0.6 is 0 Å². The van der Waals surface area contributed by atoms with Crippen molar-refractivity contribution in [3.63, 3.8) is 0 Å². The van der Waals surface area contributed by atoms with E-state index in [1.165, 1.54) is 5.69 Å². The number of nitrogens with two attached hydrogens (primary N) is 1. The van der Waals surface area contributed by atoms with Gasteiger partial charge in [0, 0.05) is 25.0 Å². The van der Waals surface area contributed by atoms with Gasteiger partial charge in [0.15, 0.2) is 11.5 Å². The molecule has 2 heterocycles. The summed E-state index contributed by atoms with van der Waals surface area (Å²) in [6.45, 7) is 1.19. The maximum absolute atomic E-state index is 5.71. The molecule has 112 valence electrons. The average Bonchev–Trinajstić information content (AvgIpc) is 2.93. The van der Waals surface area contributed by atoms with Crippen LogP contribution in [0.25, 0.3) is 0 Å². The topological polar surface area (TPSA) is 74.3 Å². The zero-order chi connectivity index (χ0) is 14.7. The minimum atomic E-state index is 0.0655. The molecule has 0 saturated carbocycles. The van der Waals surface area contributed by atoms with E-state index >= 15 is 0 Å². The van der Waals surface area contributed by atoms with Crippen molar-refractivity contribution in [2.24, 2.45) is 12.9 Å². The summed E-state index contributed by atoms with van der Waals surface area (Å²) in [5, 5.41) is 4.18. The smallest absolute Gasteiger partial charge is 0.161 e. The van der Waals surface area contributed by atoms with Gasteiger partial charge < -0.3 is 9.47 Å². The molecular weight excluding hydrogens is 268 g/mol. The summed E-state index contributed by atoms with van der Waals surface area (Å²) in [6, 6.07) is 8.06. The summed E-state index contributed by atoms with van der Waals surface area (Å²) in [6.07, 6.45) is 3.60. The lowest BCUT2D eigenvalue weighted by atomic mass is 10.0. The van der Waals surface area contributed by atoms with Gasteiger partial charge >= 0.3 is 0 Å². The first kappa shape index (κ1) is 13.9. The van der Waals surface area contributed by atoms with E-state index in [1.807, 2.05) is 42.2 Å². The van der Waals surface area contributed by atoms with E-state index in [9.17, 15) is 0 Å². The van der Waals surface area contributed by atoms with Crippen LogP contribution in [-0.4, -0.2) is 23.0 Å². The van der Waals surface area contributed by atoms with E-state index in [0.29, 0.717) is 13.2 Å². The number of nitrogens with one attached hydrogen (secondary N) is 1. The standard InChI is InChI=1S/C15H20N4O2/c1-19-12(6-7-17-19)3-4-13(18-16)11-2-5-14-15(10-11)21-9-8-20-14/h2,5-7,10,13,18H,3-4,8-9,16H2,1H3. The molecule has 6 nitrogen and oxygen atoms in total. The zero-order valence-corrected chi connectivity index (χ0v) is 12.1. The molecule has 0 amide bonds. The van der Waals surface area contributed by atoms with Crippen molar-refractivity contribution in [1.29, 1.82) is 0 Å². The van der Waals surface area contributed by atoms with E-state index in [1.54, 1.807) is 0 Å². The van der Waals surface area contributed by atoms with Crippen molar-refractivity contribution < 1.29 is 9.47 Å². The lowest BCUT2D eigenvalue weighted by Crippen LogP contribution is -2.28. The largest absolute Gasteiger partial charge is 0.486 e. The van der Waals surface area contributed by atoms with E-state index < -0.39 is 0 Å². The van der Waals surface area contributed by atoms with E-state index in [0.717, 1.165) is 29.9 Å². The molecule has 3 rings (SSSR count). The molecule has 6 heteroatoms. The lowest BCUT2D eigenvalue weighted by molar-refractivity contribution is 0.171. The van der Waals surface area contributed by atoms with E-state index in [2.05, 4.69) is 10.5 Å². The summed E-state index contributed by atoms with van der Waals surface area (Å²) in [4.78, 5) is 0. The van der Waals surface area contributed by atoms with Gasteiger partial charge in [0.05, 0.1) is 0 Å². The van der Waals surface area contributed by atoms with Crippen LogP contribution in [0.4, 0.5) is 0 Å². The van der Waals surface area contributed by atoms with Crippen LogP contribution in [0.5, 0.6) is 11.5 Å². The normalized spacial score (nSPS) is 15.0. The Morgan fingerprint density at radius 3 is 2.81 bits per heavy atom. The molecule has 1 unspecified atom stereocenters. The van der Waals surface area contributed by atoms with Gasteiger partial charge in [-0.25, -0.2) is 0 Å². The maximum Gasteiger partial charge on any atom is 0.161 e. The molecule has 0 aliphatic carbocycles. The van der Waals surface area contributed by atoms with E-state index in [-0.39, 0.29) is 6.04 Å². The summed E-state index contributed by atoms with van der Waals surface area (Å²) in [5.41, 5.74) is 5.17. The van der Waals surface area contributed by atoms with Gasteiger partial charge in [0.1, 0.15) is 13.2 Å². The fourth-order valence-corrected chi connectivity index (χ4v) is 2.56. The van der Waals surface area contributed by atoms with Crippen LogP contribution in [0.2, 0.25) is 0 Å². The Morgan fingerprint density at radius 1 is 1.29 bits per heavy atom. The third-order valence-electron chi connectivity index (χ3n) is 3.78. The number of fused-ring (bicyclic) bond motifs is 1. The highest BCUT2D eigenvalue weighted by atomic mass is 16.6. The monoisotopic (exact) mass is 288 g/mol. The molecule has 0 spiro atoms. The van der Waals surface area contributed by atoms with Gasteiger partial charge in [0.25, 0.3) is 0 Å². The molecule has 1 aromatic heterocycles. The lowest BCUT2D eigenvalue weighted by Gasteiger charge is -2.22. The number of rotatable bonds is 5. The Balaban J connectivity index is 1.72. The second-order valence-electron chi connectivity index (χ2n) is 5.11. The maximum atomic E-state index is 5.71. The van der Waals surface area contributed by atoms with Crippen LogP contribution in [0.15, 0.2) is 30.5 Å². The Kier molecular flexibility index (Phi) is 4.08. The summed E-state index contributed by atoms with van der Waals surface area (Å²) in [5.74, 6) is 7.30. The van der Waals surface area contributed by atoms with Crippen molar-refractivity contribution >= 4 is 0 Å². The number of hydrogen-bond acceptors (Lipinski definition) is 5. The van der Waals surface area contributed by atoms with Gasteiger partial charge in [-0.2, -0.15) is 5.10 Å². The van der Waals surface area contributed by atoms with Crippen molar-refractivity contribution in [3.05, 3.63) is 41.7 Å². The Labute approximate surface area is 123 Å². The zero-order valence-electron chi connectivity index (χ0n) is 12.1. The molecule has 0 fully saturated rings. The molecule has 0 radical (unpaired) electrons. The molecule has 1 atom stereocenters. The first-order valence-corrected chi connectivity index (χ1v) is 7.10. The van der Waals surface area contributed by atoms with E-state index in [4.69, 9.17) is 15.3 Å². The number of aromatic nitrogens is 2. The highest BCUT2D eigenvalue weighted by molar-refractivity contribution is 5.44. The van der Waals surface area contributed by atoms with Crippen LogP contribution in [0, 0.1) is 0 Å². The predicted octanol–water partition coefficient (Wildman–Crippen LogP) is 1.33. The molecule has 21 heavy (non-hydrogen) atoms.